The van der Waals surface area contributed by atoms with E-state index in [9.17, 15) is 21.2 Å². The van der Waals surface area contributed by atoms with Gasteiger partial charge in [0.15, 0.2) is 5.82 Å². The third kappa shape index (κ3) is 5.38. The largest absolute Gasteiger partial charge is 0.339 e. The van der Waals surface area contributed by atoms with Crippen LogP contribution in [0.25, 0.3) is 0 Å². The molecule has 1 aliphatic rings. The fourth-order valence-electron chi connectivity index (χ4n) is 3.10. The summed E-state index contributed by atoms with van der Waals surface area (Å²) < 4.78 is 70.2. The molecular formula is C17H23FN4O5S2. The summed E-state index contributed by atoms with van der Waals surface area (Å²) in [6.45, 7) is 2.38. The molecule has 1 aliphatic heterocycles. The minimum absolute atomic E-state index is 0.00211. The molecule has 0 aliphatic carbocycles. The zero-order valence-corrected chi connectivity index (χ0v) is 17.8. The molecule has 29 heavy (non-hydrogen) atoms. The highest BCUT2D eigenvalue weighted by molar-refractivity contribution is 7.89. The van der Waals surface area contributed by atoms with Crippen LogP contribution in [-0.4, -0.2) is 57.2 Å². The van der Waals surface area contributed by atoms with Gasteiger partial charge in [-0.05, 0) is 37.5 Å². The quantitative estimate of drug-likeness (QED) is 0.677. The van der Waals surface area contributed by atoms with Crippen LogP contribution >= 0.6 is 0 Å². The van der Waals surface area contributed by atoms with Crippen LogP contribution < -0.4 is 4.72 Å². The van der Waals surface area contributed by atoms with Gasteiger partial charge >= 0.3 is 0 Å². The lowest BCUT2D eigenvalue weighted by molar-refractivity contribution is 0.306. The van der Waals surface area contributed by atoms with E-state index in [-0.39, 0.29) is 29.7 Å². The smallest absolute Gasteiger partial charge is 0.240 e. The molecule has 0 unspecified atom stereocenters. The molecule has 0 amide bonds. The lowest BCUT2D eigenvalue weighted by Gasteiger charge is -2.28. The molecule has 0 bridgehead atoms. The minimum atomic E-state index is -3.85. The number of rotatable bonds is 7. The van der Waals surface area contributed by atoms with Crippen molar-refractivity contribution < 1.29 is 25.7 Å². The zero-order valence-electron chi connectivity index (χ0n) is 16.1. The topological polar surface area (TPSA) is 122 Å². The first kappa shape index (κ1) is 21.8. The number of halogens is 1. The summed E-state index contributed by atoms with van der Waals surface area (Å²) in [6, 6.07) is 3.73. The highest BCUT2D eigenvalue weighted by Crippen LogP contribution is 2.27. The lowest BCUT2D eigenvalue weighted by Crippen LogP contribution is -2.37. The molecule has 1 fully saturated rings. The Hall–Kier alpha value is -1.89. The average molecular weight is 447 g/mol. The number of nitrogens with one attached hydrogen (secondary N) is 1. The molecule has 2 aromatic rings. The number of benzene rings is 1. The van der Waals surface area contributed by atoms with E-state index in [0.29, 0.717) is 37.3 Å². The van der Waals surface area contributed by atoms with E-state index in [4.69, 9.17) is 4.52 Å². The van der Waals surface area contributed by atoms with Gasteiger partial charge in [-0.2, -0.15) is 4.98 Å². The van der Waals surface area contributed by atoms with Crippen LogP contribution in [0.4, 0.5) is 4.39 Å². The summed E-state index contributed by atoms with van der Waals surface area (Å²) >= 11 is 0. The van der Waals surface area contributed by atoms with E-state index in [1.54, 1.807) is 6.92 Å². The first-order valence-corrected chi connectivity index (χ1v) is 12.4. The molecular weight excluding hydrogens is 423 g/mol. The SMILES string of the molecule is Cc1ccc(S(=O)(=O)NCCc2nc(C3CCN(S(C)(=O)=O)CC3)no2)cc1F. The number of hydrogen-bond donors (Lipinski definition) is 1. The molecule has 0 saturated carbocycles. The third-order valence-corrected chi connectivity index (χ3v) is 7.62. The minimum Gasteiger partial charge on any atom is -0.339 e. The normalized spacial score (nSPS) is 16.9. The molecule has 0 atom stereocenters. The van der Waals surface area contributed by atoms with E-state index in [2.05, 4.69) is 14.9 Å². The van der Waals surface area contributed by atoms with Crippen LogP contribution in [0, 0.1) is 12.7 Å². The lowest BCUT2D eigenvalue weighted by atomic mass is 9.97. The number of nitrogens with zero attached hydrogens (tertiary/aromatic N) is 3. The average Bonchev–Trinajstić information content (AvgIpc) is 3.12. The Morgan fingerprint density at radius 2 is 1.93 bits per heavy atom. The van der Waals surface area contributed by atoms with Gasteiger partial charge in [0.2, 0.25) is 25.9 Å². The van der Waals surface area contributed by atoms with Crippen molar-refractivity contribution in [3.05, 3.63) is 41.3 Å². The Kier molecular flexibility index (Phi) is 6.36. The molecule has 1 saturated heterocycles. The highest BCUT2D eigenvalue weighted by Gasteiger charge is 2.28. The van der Waals surface area contributed by atoms with Gasteiger partial charge in [-0.3, -0.25) is 0 Å². The molecule has 12 heteroatoms. The zero-order chi connectivity index (χ0) is 21.2. The Bertz CT molecular complexity index is 1080. The van der Waals surface area contributed by atoms with E-state index in [1.165, 1.54) is 22.7 Å². The summed E-state index contributed by atoms with van der Waals surface area (Å²) in [7, 11) is -7.05. The van der Waals surface area contributed by atoms with Crippen molar-refractivity contribution in [3.63, 3.8) is 0 Å². The maximum Gasteiger partial charge on any atom is 0.240 e. The third-order valence-electron chi connectivity index (χ3n) is 4.86. The van der Waals surface area contributed by atoms with Crippen LogP contribution in [0.3, 0.4) is 0 Å². The predicted octanol–water partition coefficient (Wildman–Crippen LogP) is 1.18. The van der Waals surface area contributed by atoms with E-state index in [1.807, 2.05) is 0 Å². The monoisotopic (exact) mass is 446 g/mol. The van der Waals surface area contributed by atoms with Gasteiger partial charge in [-0.1, -0.05) is 11.2 Å². The number of aromatic nitrogens is 2. The van der Waals surface area contributed by atoms with Crippen LogP contribution in [-0.2, 0) is 26.5 Å². The second-order valence-corrected chi connectivity index (χ2v) is 10.8. The Morgan fingerprint density at radius 3 is 2.55 bits per heavy atom. The van der Waals surface area contributed by atoms with Gasteiger partial charge in [-0.15, -0.1) is 0 Å². The maximum absolute atomic E-state index is 13.6. The van der Waals surface area contributed by atoms with Crippen LogP contribution in [0.2, 0.25) is 0 Å². The van der Waals surface area contributed by atoms with Gasteiger partial charge in [-0.25, -0.2) is 30.3 Å². The van der Waals surface area contributed by atoms with Crippen molar-refractivity contribution in [2.75, 3.05) is 25.9 Å². The van der Waals surface area contributed by atoms with Gasteiger partial charge in [0.1, 0.15) is 5.82 Å². The Morgan fingerprint density at radius 1 is 1.24 bits per heavy atom. The molecule has 160 valence electrons. The molecule has 0 spiro atoms. The van der Waals surface area contributed by atoms with Crippen molar-refractivity contribution in [1.82, 2.24) is 19.2 Å². The summed E-state index contributed by atoms with van der Waals surface area (Å²) in [5, 5.41) is 3.94. The summed E-state index contributed by atoms with van der Waals surface area (Å²) in [5.41, 5.74) is 0.365. The fourth-order valence-corrected chi connectivity index (χ4v) is 5.01. The van der Waals surface area contributed by atoms with Crippen molar-refractivity contribution in [2.45, 2.75) is 37.0 Å². The van der Waals surface area contributed by atoms with Crippen molar-refractivity contribution in [3.8, 4) is 0 Å². The summed E-state index contributed by atoms with van der Waals surface area (Å²) in [5.74, 6) is 0.189. The van der Waals surface area contributed by atoms with Gasteiger partial charge in [0.25, 0.3) is 0 Å². The van der Waals surface area contributed by atoms with Gasteiger partial charge < -0.3 is 4.52 Å². The van der Waals surface area contributed by atoms with Crippen molar-refractivity contribution in [2.24, 2.45) is 0 Å². The van der Waals surface area contributed by atoms with Crippen LogP contribution in [0.5, 0.6) is 0 Å². The molecule has 1 N–H and O–H groups in total. The number of sulfonamides is 2. The standard InChI is InChI=1S/C17H23FN4O5S2/c1-12-3-4-14(11-15(12)18)29(25,26)19-8-5-16-20-17(21-27-16)13-6-9-22(10-7-13)28(2,23)24/h3-4,11,13,19H,5-10H2,1-2H3. The molecule has 3 rings (SSSR count). The van der Waals surface area contributed by atoms with Crippen LogP contribution in [0.1, 0.15) is 36.0 Å². The molecule has 1 aromatic heterocycles. The number of aryl methyl sites for hydroxylation is 1. The summed E-state index contributed by atoms with van der Waals surface area (Å²) in [4.78, 5) is 4.15. The first-order chi connectivity index (χ1) is 13.6. The van der Waals surface area contributed by atoms with E-state index >= 15 is 0 Å². The maximum atomic E-state index is 13.6. The number of piperidine rings is 1. The molecule has 0 radical (unpaired) electrons. The molecule has 1 aromatic carbocycles. The van der Waals surface area contributed by atoms with Crippen LogP contribution in [0.15, 0.2) is 27.6 Å². The van der Waals surface area contributed by atoms with Crippen molar-refractivity contribution >= 4 is 20.0 Å². The molecule has 9 nitrogen and oxygen atoms in total. The second kappa shape index (κ2) is 8.46. The second-order valence-electron chi connectivity index (χ2n) is 7.04. The highest BCUT2D eigenvalue weighted by atomic mass is 32.2. The summed E-state index contributed by atoms with van der Waals surface area (Å²) in [6.07, 6.45) is 2.56. The fraction of sp³-hybridized carbons (Fsp3) is 0.529. The van der Waals surface area contributed by atoms with Crippen molar-refractivity contribution in [1.29, 1.82) is 0 Å². The van der Waals surface area contributed by atoms with Gasteiger partial charge in [0, 0.05) is 32.0 Å². The predicted molar refractivity (Wildman–Crippen MR) is 103 cm³/mol. The van der Waals surface area contributed by atoms with Gasteiger partial charge in [0.05, 0.1) is 11.2 Å². The Balaban J connectivity index is 1.54. The van der Waals surface area contributed by atoms with E-state index in [0.717, 1.165) is 6.07 Å². The first-order valence-electron chi connectivity index (χ1n) is 9.10. The molecule has 2 heterocycles. The van der Waals surface area contributed by atoms with E-state index < -0.39 is 25.9 Å². The number of hydrogen-bond acceptors (Lipinski definition) is 7. The Labute approximate surface area is 169 Å².